The van der Waals surface area contributed by atoms with Crippen molar-refractivity contribution >= 4 is 10.8 Å². The van der Waals surface area contributed by atoms with Crippen LogP contribution in [-0.4, -0.2) is 28.4 Å². The van der Waals surface area contributed by atoms with Crippen LogP contribution in [0.15, 0.2) is 88.3 Å². The molecule has 0 bridgehead atoms. The summed E-state index contributed by atoms with van der Waals surface area (Å²) in [5.41, 5.74) is 2.00. The fraction of sp³-hybridized carbons (Fsp3) is 0.115. The molecule has 0 saturated heterocycles. The van der Waals surface area contributed by atoms with Gasteiger partial charge in [0.1, 0.15) is 11.5 Å². The highest BCUT2D eigenvalue weighted by Crippen LogP contribution is 2.29. The minimum atomic E-state index is -0.145. The molecule has 0 aliphatic heterocycles. The molecule has 5 rings (SSSR count). The Kier molecular flexibility index (Phi) is 5.36. The van der Waals surface area contributed by atoms with Gasteiger partial charge in [-0.05, 0) is 49.4 Å². The van der Waals surface area contributed by atoms with Crippen LogP contribution >= 0.6 is 0 Å². The summed E-state index contributed by atoms with van der Waals surface area (Å²) in [7, 11) is 1.59. The highest BCUT2D eigenvalue weighted by Gasteiger charge is 2.17. The molecule has 0 atom stereocenters. The van der Waals surface area contributed by atoms with Gasteiger partial charge in [-0.15, -0.1) is 0 Å². The number of rotatable bonds is 6. The number of methoxy groups -OCH3 is 1. The number of aromatic nitrogens is 3. The molecule has 7 heteroatoms. The molecule has 2 aromatic heterocycles. The van der Waals surface area contributed by atoms with Crippen LogP contribution in [0.4, 0.5) is 0 Å². The third-order valence-electron chi connectivity index (χ3n) is 5.34. The van der Waals surface area contributed by atoms with Crippen LogP contribution in [-0.2, 0) is 0 Å². The summed E-state index contributed by atoms with van der Waals surface area (Å²) >= 11 is 0. The predicted octanol–water partition coefficient (Wildman–Crippen LogP) is 5.12. The Hall–Kier alpha value is -4.39. The number of fused-ring (bicyclic) bond motifs is 1. The van der Waals surface area contributed by atoms with Crippen molar-refractivity contribution in [3.8, 4) is 40.0 Å². The van der Waals surface area contributed by atoms with Crippen molar-refractivity contribution in [1.29, 1.82) is 0 Å². The third kappa shape index (κ3) is 3.85. The number of hydrogen-bond acceptors (Lipinski definition) is 6. The van der Waals surface area contributed by atoms with Crippen molar-refractivity contribution in [2.45, 2.75) is 6.92 Å². The van der Waals surface area contributed by atoms with E-state index in [0.717, 1.165) is 16.7 Å². The summed E-state index contributed by atoms with van der Waals surface area (Å²) in [4.78, 5) is 17.9. The van der Waals surface area contributed by atoms with E-state index in [4.69, 9.17) is 14.0 Å². The molecule has 7 nitrogen and oxygen atoms in total. The van der Waals surface area contributed by atoms with Gasteiger partial charge < -0.3 is 14.0 Å². The van der Waals surface area contributed by atoms with Gasteiger partial charge in [-0.25, -0.2) is 0 Å². The molecular formula is C26H21N3O4. The van der Waals surface area contributed by atoms with Gasteiger partial charge in [-0.1, -0.05) is 29.4 Å². The van der Waals surface area contributed by atoms with E-state index in [-0.39, 0.29) is 5.56 Å². The van der Waals surface area contributed by atoms with Gasteiger partial charge >= 0.3 is 0 Å². The van der Waals surface area contributed by atoms with Gasteiger partial charge in [-0.3, -0.25) is 9.36 Å². The van der Waals surface area contributed by atoms with E-state index < -0.39 is 0 Å². The lowest BCUT2D eigenvalue weighted by Gasteiger charge is -2.11. The van der Waals surface area contributed by atoms with Crippen LogP contribution in [0, 0.1) is 0 Å². The molecule has 0 aliphatic rings. The van der Waals surface area contributed by atoms with Crippen molar-refractivity contribution in [3.63, 3.8) is 0 Å². The average Bonchev–Trinajstić information content (AvgIpc) is 3.35. The first-order chi connectivity index (χ1) is 16.2. The van der Waals surface area contributed by atoms with E-state index in [2.05, 4.69) is 10.1 Å². The molecule has 0 radical (unpaired) electrons. The van der Waals surface area contributed by atoms with Crippen molar-refractivity contribution < 1.29 is 14.0 Å². The van der Waals surface area contributed by atoms with Crippen molar-refractivity contribution in [2.75, 3.05) is 13.7 Å². The summed E-state index contributed by atoms with van der Waals surface area (Å²) in [5.74, 6) is 2.22. The minimum Gasteiger partial charge on any atom is -0.497 e. The normalized spacial score (nSPS) is 11.0. The Morgan fingerprint density at radius 1 is 0.939 bits per heavy atom. The summed E-state index contributed by atoms with van der Waals surface area (Å²) in [6.45, 7) is 2.54. The zero-order valence-corrected chi connectivity index (χ0v) is 18.2. The predicted molar refractivity (Wildman–Crippen MR) is 126 cm³/mol. The first-order valence-electron chi connectivity index (χ1n) is 10.5. The lowest BCUT2D eigenvalue weighted by Crippen LogP contribution is -2.18. The second-order valence-electron chi connectivity index (χ2n) is 7.35. The van der Waals surface area contributed by atoms with Crippen molar-refractivity contribution in [1.82, 2.24) is 14.7 Å². The smallest absolute Gasteiger partial charge is 0.262 e. The second-order valence-corrected chi connectivity index (χ2v) is 7.35. The fourth-order valence-corrected chi connectivity index (χ4v) is 3.73. The maximum atomic E-state index is 13.3. The van der Waals surface area contributed by atoms with E-state index in [1.165, 1.54) is 0 Å². The minimum absolute atomic E-state index is 0.145. The Morgan fingerprint density at radius 2 is 1.73 bits per heavy atom. The highest BCUT2D eigenvalue weighted by molar-refractivity contribution is 5.94. The van der Waals surface area contributed by atoms with Gasteiger partial charge in [0.15, 0.2) is 0 Å². The van der Waals surface area contributed by atoms with Crippen molar-refractivity contribution in [3.05, 3.63) is 89.3 Å². The number of benzene rings is 3. The molecule has 33 heavy (non-hydrogen) atoms. The SMILES string of the molecule is CCOc1ccc(-c2noc(-c3cn(-c4cccc(OC)c4)c(=O)c4ccccc34)n2)cc1. The van der Waals surface area contributed by atoms with Crippen molar-refractivity contribution in [2.24, 2.45) is 0 Å². The Labute approximate surface area is 189 Å². The zero-order chi connectivity index (χ0) is 22.8. The first kappa shape index (κ1) is 20.5. The largest absolute Gasteiger partial charge is 0.497 e. The highest BCUT2D eigenvalue weighted by atomic mass is 16.5. The molecule has 0 amide bonds. The maximum Gasteiger partial charge on any atom is 0.262 e. The lowest BCUT2D eigenvalue weighted by molar-refractivity contribution is 0.340. The topological polar surface area (TPSA) is 79.4 Å². The van der Waals surface area contributed by atoms with Gasteiger partial charge in [0.25, 0.3) is 11.4 Å². The first-order valence-corrected chi connectivity index (χ1v) is 10.5. The number of nitrogens with zero attached hydrogens (tertiary/aromatic N) is 3. The summed E-state index contributed by atoms with van der Waals surface area (Å²) in [5, 5.41) is 5.46. The monoisotopic (exact) mass is 439 g/mol. The van der Waals surface area contributed by atoms with E-state index in [1.807, 2.05) is 67.6 Å². The average molecular weight is 439 g/mol. The number of pyridine rings is 1. The van der Waals surface area contributed by atoms with Crippen LogP contribution in [0.25, 0.3) is 39.3 Å². The lowest BCUT2D eigenvalue weighted by atomic mass is 10.1. The van der Waals surface area contributed by atoms with Gasteiger partial charge in [0.05, 0.1) is 25.0 Å². The van der Waals surface area contributed by atoms with E-state index >= 15 is 0 Å². The molecule has 2 heterocycles. The summed E-state index contributed by atoms with van der Waals surface area (Å²) < 4.78 is 18.0. The molecule has 0 fully saturated rings. The van der Waals surface area contributed by atoms with Crippen LogP contribution in [0.3, 0.4) is 0 Å². The van der Waals surface area contributed by atoms with Gasteiger partial charge in [0.2, 0.25) is 5.82 Å². The molecule has 0 aliphatic carbocycles. The maximum absolute atomic E-state index is 13.3. The molecular weight excluding hydrogens is 418 g/mol. The van der Waals surface area contributed by atoms with Crippen LogP contribution < -0.4 is 15.0 Å². The van der Waals surface area contributed by atoms with E-state index in [1.54, 1.807) is 30.0 Å². The molecule has 0 spiro atoms. The Balaban J connectivity index is 1.64. The van der Waals surface area contributed by atoms with Crippen LogP contribution in [0.5, 0.6) is 11.5 Å². The number of hydrogen-bond donors (Lipinski definition) is 0. The standard InChI is InChI=1S/C26H21N3O4/c1-3-32-19-13-11-17(12-14-19)24-27-25(33-28-24)23-16-29(18-7-6-8-20(15-18)31-2)26(30)22-10-5-4-9-21(22)23/h4-16H,3H2,1-2H3. The van der Waals surface area contributed by atoms with Gasteiger partial charge in [0, 0.05) is 28.6 Å². The van der Waals surface area contributed by atoms with Crippen LogP contribution in [0.2, 0.25) is 0 Å². The number of ether oxygens (including phenoxy) is 2. The Bertz CT molecular complexity index is 1490. The van der Waals surface area contributed by atoms with E-state index in [9.17, 15) is 4.79 Å². The van der Waals surface area contributed by atoms with Crippen LogP contribution in [0.1, 0.15) is 6.92 Å². The molecule has 0 unspecified atom stereocenters. The van der Waals surface area contributed by atoms with E-state index in [0.29, 0.717) is 40.7 Å². The summed E-state index contributed by atoms with van der Waals surface area (Å²) in [6, 6.07) is 22.2. The third-order valence-corrected chi connectivity index (χ3v) is 5.34. The fourth-order valence-electron chi connectivity index (χ4n) is 3.73. The molecule has 5 aromatic rings. The quantitative estimate of drug-likeness (QED) is 0.366. The zero-order valence-electron chi connectivity index (χ0n) is 18.2. The molecule has 0 N–H and O–H groups in total. The molecule has 0 saturated carbocycles. The Morgan fingerprint density at radius 3 is 2.48 bits per heavy atom. The second kappa shape index (κ2) is 8.63. The molecule has 164 valence electrons. The molecule has 3 aromatic carbocycles. The van der Waals surface area contributed by atoms with Gasteiger partial charge in [-0.2, -0.15) is 4.98 Å². The summed E-state index contributed by atoms with van der Waals surface area (Å²) in [6.07, 6.45) is 1.73.